The number of carbonyl (C=O) groups is 1. The third-order valence-electron chi connectivity index (χ3n) is 1.50. The summed E-state index contributed by atoms with van der Waals surface area (Å²) >= 11 is 0. The summed E-state index contributed by atoms with van der Waals surface area (Å²) < 4.78 is 0. The molecular formula is C10H10N2O2. The van der Waals surface area contributed by atoms with Gasteiger partial charge in [0.05, 0.1) is 5.56 Å². The van der Waals surface area contributed by atoms with E-state index in [1.807, 2.05) is 0 Å². The molecule has 3 N–H and O–H groups in total. The molecule has 0 spiro atoms. The maximum absolute atomic E-state index is 10.7. The molecular weight excluding hydrogens is 180 g/mol. The van der Waals surface area contributed by atoms with Gasteiger partial charge in [0.15, 0.2) is 5.69 Å². The molecule has 4 nitrogen and oxygen atoms in total. The fraction of sp³-hybridized carbons (Fsp3) is 0.200. The topological polar surface area (TPSA) is 76.2 Å². The van der Waals surface area contributed by atoms with Crippen molar-refractivity contribution in [2.45, 2.75) is 6.42 Å². The molecule has 0 aliphatic rings. The van der Waals surface area contributed by atoms with E-state index >= 15 is 0 Å². The Hall–Kier alpha value is -1.86. The number of aromatic carboxylic acids is 1. The van der Waals surface area contributed by atoms with Gasteiger partial charge in [-0.1, -0.05) is 11.8 Å². The van der Waals surface area contributed by atoms with E-state index in [0.717, 1.165) is 0 Å². The maximum atomic E-state index is 10.7. The zero-order valence-corrected chi connectivity index (χ0v) is 7.53. The predicted molar refractivity (Wildman–Crippen MR) is 51.7 cm³/mol. The second kappa shape index (κ2) is 5.00. The van der Waals surface area contributed by atoms with E-state index in [4.69, 9.17) is 10.8 Å². The lowest BCUT2D eigenvalue weighted by atomic mass is 10.2. The molecule has 1 aromatic rings. The van der Waals surface area contributed by atoms with Crippen LogP contribution in [-0.2, 0) is 0 Å². The highest BCUT2D eigenvalue weighted by atomic mass is 16.4. The van der Waals surface area contributed by atoms with Crippen LogP contribution < -0.4 is 5.73 Å². The van der Waals surface area contributed by atoms with Crippen molar-refractivity contribution in [3.05, 3.63) is 29.6 Å². The Morgan fingerprint density at radius 3 is 3.07 bits per heavy atom. The lowest BCUT2D eigenvalue weighted by Gasteiger charge is -1.95. The second-order valence-electron chi connectivity index (χ2n) is 2.55. The quantitative estimate of drug-likeness (QED) is 0.665. The molecule has 72 valence electrons. The highest BCUT2D eigenvalue weighted by Crippen LogP contribution is 2.02. The van der Waals surface area contributed by atoms with Crippen LogP contribution in [0.4, 0.5) is 0 Å². The average Bonchev–Trinajstić information content (AvgIpc) is 2.19. The van der Waals surface area contributed by atoms with Crippen LogP contribution in [0.25, 0.3) is 0 Å². The number of carboxylic acids is 1. The normalized spacial score (nSPS) is 8.93. The lowest BCUT2D eigenvalue weighted by Crippen LogP contribution is -2.03. The van der Waals surface area contributed by atoms with Crippen LogP contribution in [0.2, 0.25) is 0 Å². The highest BCUT2D eigenvalue weighted by molar-refractivity contribution is 5.88. The maximum Gasteiger partial charge on any atom is 0.355 e. The number of hydrogen-bond donors (Lipinski definition) is 2. The fourth-order valence-electron chi connectivity index (χ4n) is 0.906. The summed E-state index contributed by atoms with van der Waals surface area (Å²) in [6.45, 7) is 0.468. The molecule has 0 fully saturated rings. The Morgan fingerprint density at radius 1 is 1.64 bits per heavy atom. The SMILES string of the molecule is NCCC#Cc1cccnc1C(=O)O. The predicted octanol–water partition coefficient (Wildman–Crippen LogP) is 0.480. The van der Waals surface area contributed by atoms with Gasteiger partial charge in [0, 0.05) is 19.2 Å². The van der Waals surface area contributed by atoms with E-state index in [-0.39, 0.29) is 5.69 Å². The van der Waals surface area contributed by atoms with Gasteiger partial charge in [0.2, 0.25) is 0 Å². The molecule has 0 atom stereocenters. The van der Waals surface area contributed by atoms with E-state index in [1.165, 1.54) is 6.20 Å². The first kappa shape index (κ1) is 10.2. The van der Waals surface area contributed by atoms with Crippen molar-refractivity contribution in [1.82, 2.24) is 4.98 Å². The molecule has 0 bridgehead atoms. The molecule has 1 rings (SSSR count). The van der Waals surface area contributed by atoms with Gasteiger partial charge in [-0.2, -0.15) is 0 Å². The number of pyridine rings is 1. The molecule has 0 unspecified atom stereocenters. The second-order valence-corrected chi connectivity index (χ2v) is 2.55. The largest absolute Gasteiger partial charge is 0.476 e. The summed E-state index contributed by atoms with van der Waals surface area (Å²) in [7, 11) is 0. The molecule has 1 heterocycles. The molecule has 1 aromatic heterocycles. The Bertz CT molecular complexity index is 391. The number of aromatic nitrogens is 1. The van der Waals surface area contributed by atoms with Crippen molar-refractivity contribution >= 4 is 5.97 Å². The molecule has 4 heteroatoms. The van der Waals surface area contributed by atoms with Gasteiger partial charge in [-0.05, 0) is 12.1 Å². The van der Waals surface area contributed by atoms with Crippen LogP contribution in [0.1, 0.15) is 22.5 Å². The molecule has 0 aliphatic heterocycles. The summed E-state index contributed by atoms with van der Waals surface area (Å²) in [6, 6.07) is 3.28. The van der Waals surface area contributed by atoms with E-state index in [9.17, 15) is 4.79 Å². The Labute approximate surface area is 81.8 Å². The van der Waals surface area contributed by atoms with Crippen LogP contribution in [-0.4, -0.2) is 22.6 Å². The first-order chi connectivity index (χ1) is 6.75. The molecule has 0 radical (unpaired) electrons. The third kappa shape index (κ3) is 2.57. The minimum absolute atomic E-state index is 0.0166. The average molecular weight is 190 g/mol. The molecule has 14 heavy (non-hydrogen) atoms. The van der Waals surface area contributed by atoms with E-state index in [0.29, 0.717) is 18.5 Å². The Kier molecular flexibility index (Phi) is 3.65. The zero-order chi connectivity index (χ0) is 10.4. The Morgan fingerprint density at radius 2 is 2.43 bits per heavy atom. The van der Waals surface area contributed by atoms with Crippen molar-refractivity contribution in [3.63, 3.8) is 0 Å². The van der Waals surface area contributed by atoms with Gasteiger partial charge in [0.25, 0.3) is 0 Å². The van der Waals surface area contributed by atoms with Crippen LogP contribution >= 0.6 is 0 Å². The number of hydrogen-bond acceptors (Lipinski definition) is 3. The van der Waals surface area contributed by atoms with Gasteiger partial charge in [-0.25, -0.2) is 9.78 Å². The van der Waals surface area contributed by atoms with Crippen molar-refractivity contribution < 1.29 is 9.90 Å². The van der Waals surface area contributed by atoms with Crippen molar-refractivity contribution in [3.8, 4) is 11.8 Å². The van der Waals surface area contributed by atoms with Gasteiger partial charge in [0.1, 0.15) is 0 Å². The molecule has 0 saturated carbocycles. The summed E-state index contributed by atoms with van der Waals surface area (Å²) in [5.41, 5.74) is 5.66. The number of nitrogens with zero attached hydrogens (tertiary/aromatic N) is 1. The van der Waals surface area contributed by atoms with Crippen LogP contribution in [0.3, 0.4) is 0 Å². The third-order valence-corrected chi connectivity index (χ3v) is 1.50. The number of rotatable bonds is 2. The monoisotopic (exact) mass is 190 g/mol. The molecule has 0 aliphatic carbocycles. The summed E-state index contributed by atoms with van der Waals surface area (Å²) in [5, 5.41) is 8.77. The number of carboxylic acid groups (broad SMARTS) is 1. The summed E-state index contributed by atoms with van der Waals surface area (Å²) in [6.07, 6.45) is 1.98. The van der Waals surface area contributed by atoms with E-state index < -0.39 is 5.97 Å². The van der Waals surface area contributed by atoms with Crippen LogP contribution in [0.5, 0.6) is 0 Å². The standard InChI is InChI=1S/C10H10N2O2/c11-6-2-1-4-8-5-3-7-12-9(8)10(13)14/h3,5,7H,2,6,11H2,(H,13,14). The van der Waals surface area contributed by atoms with Crippen LogP contribution in [0.15, 0.2) is 18.3 Å². The van der Waals surface area contributed by atoms with Gasteiger partial charge >= 0.3 is 5.97 Å². The summed E-state index contributed by atoms with van der Waals surface area (Å²) in [5.74, 6) is 4.42. The van der Waals surface area contributed by atoms with Gasteiger partial charge in [-0.15, -0.1) is 0 Å². The molecule has 0 amide bonds. The minimum Gasteiger partial charge on any atom is -0.476 e. The first-order valence-corrected chi connectivity index (χ1v) is 4.13. The summed E-state index contributed by atoms with van der Waals surface area (Å²) in [4.78, 5) is 14.4. The molecule has 0 aromatic carbocycles. The fourth-order valence-corrected chi connectivity index (χ4v) is 0.906. The molecule has 0 saturated heterocycles. The van der Waals surface area contributed by atoms with E-state index in [1.54, 1.807) is 12.1 Å². The smallest absolute Gasteiger partial charge is 0.355 e. The van der Waals surface area contributed by atoms with Crippen LogP contribution in [0, 0.1) is 11.8 Å². The lowest BCUT2D eigenvalue weighted by molar-refractivity contribution is 0.0690. The van der Waals surface area contributed by atoms with Crippen molar-refractivity contribution in [2.75, 3.05) is 6.54 Å². The van der Waals surface area contributed by atoms with Gasteiger partial charge < -0.3 is 10.8 Å². The van der Waals surface area contributed by atoms with Gasteiger partial charge in [-0.3, -0.25) is 0 Å². The minimum atomic E-state index is -1.07. The highest BCUT2D eigenvalue weighted by Gasteiger charge is 2.07. The van der Waals surface area contributed by atoms with Crippen molar-refractivity contribution in [1.29, 1.82) is 0 Å². The first-order valence-electron chi connectivity index (χ1n) is 4.13. The number of nitrogens with two attached hydrogens (primary N) is 1. The zero-order valence-electron chi connectivity index (χ0n) is 7.53. The van der Waals surface area contributed by atoms with E-state index in [2.05, 4.69) is 16.8 Å². The Balaban J connectivity index is 2.97. The van der Waals surface area contributed by atoms with Crippen molar-refractivity contribution in [2.24, 2.45) is 5.73 Å².